The highest BCUT2D eigenvalue weighted by Crippen LogP contribution is 2.49. The van der Waals surface area contributed by atoms with E-state index < -0.39 is 0 Å². The van der Waals surface area contributed by atoms with Gasteiger partial charge in [0.1, 0.15) is 0 Å². The molecule has 94 valence electrons. The Balaban J connectivity index is 1.52. The SMILES string of the molecule is CC(NCc1cc(Br)cs1)C1CC2CCC1C2. The second kappa shape index (κ2) is 5.02. The van der Waals surface area contributed by atoms with Crippen LogP contribution in [-0.4, -0.2) is 6.04 Å². The van der Waals surface area contributed by atoms with E-state index in [1.807, 2.05) is 11.3 Å². The van der Waals surface area contributed by atoms with Gasteiger partial charge in [0, 0.05) is 27.3 Å². The summed E-state index contributed by atoms with van der Waals surface area (Å²) in [4.78, 5) is 1.44. The molecule has 1 N–H and O–H groups in total. The second-order valence-electron chi connectivity index (χ2n) is 5.74. The Morgan fingerprint density at radius 1 is 1.47 bits per heavy atom. The van der Waals surface area contributed by atoms with Crippen molar-refractivity contribution in [3.63, 3.8) is 0 Å². The van der Waals surface area contributed by atoms with E-state index in [9.17, 15) is 0 Å². The van der Waals surface area contributed by atoms with Crippen LogP contribution >= 0.6 is 27.3 Å². The van der Waals surface area contributed by atoms with Crippen LogP contribution in [0.2, 0.25) is 0 Å². The minimum Gasteiger partial charge on any atom is -0.309 e. The zero-order valence-electron chi connectivity index (χ0n) is 10.3. The third kappa shape index (κ3) is 2.61. The van der Waals surface area contributed by atoms with Gasteiger partial charge < -0.3 is 5.32 Å². The first kappa shape index (κ1) is 12.2. The summed E-state index contributed by atoms with van der Waals surface area (Å²) in [6.07, 6.45) is 5.99. The molecule has 0 amide bonds. The van der Waals surface area contributed by atoms with Gasteiger partial charge in [-0.3, -0.25) is 0 Å². The summed E-state index contributed by atoms with van der Waals surface area (Å²) in [5.74, 6) is 3.03. The Morgan fingerprint density at radius 3 is 2.94 bits per heavy atom. The molecule has 1 aromatic heterocycles. The molecule has 3 heteroatoms. The Kier molecular flexibility index (Phi) is 3.60. The molecule has 2 saturated carbocycles. The number of hydrogen-bond acceptors (Lipinski definition) is 2. The van der Waals surface area contributed by atoms with Crippen molar-refractivity contribution in [2.75, 3.05) is 0 Å². The maximum atomic E-state index is 3.73. The maximum Gasteiger partial charge on any atom is 0.0302 e. The van der Waals surface area contributed by atoms with Crippen LogP contribution in [0.25, 0.3) is 0 Å². The van der Waals surface area contributed by atoms with Gasteiger partial charge in [0.25, 0.3) is 0 Å². The van der Waals surface area contributed by atoms with Crippen molar-refractivity contribution >= 4 is 27.3 Å². The number of rotatable bonds is 4. The molecule has 1 aromatic rings. The van der Waals surface area contributed by atoms with E-state index >= 15 is 0 Å². The van der Waals surface area contributed by atoms with Gasteiger partial charge in [-0.15, -0.1) is 11.3 Å². The highest BCUT2D eigenvalue weighted by molar-refractivity contribution is 9.10. The fourth-order valence-corrected chi connectivity index (χ4v) is 5.17. The Bertz CT molecular complexity index is 389. The molecule has 2 fully saturated rings. The summed E-state index contributed by atoms with van der Waals surface area (Å²) in [5, 5.41) is 5.89. The molecule has 2 aliphatic carbocycles. The van der Waals surface area contributed by atoms with Crippen LogP contribution in [-0.2, 0) is 6.54 Å². The van der Waals surface area contributed by atoms with Crippen LogP contribution < -0.4 is 5.32 Å². The molecule has 3 rings (SSSR count). The summed E-state index contributed by atoms with van der Waals surface area (Å²) in [6, 6.07) is 2.91. The fourth-order valence-electron chi connectivity index (χ4n) is 3.77. The molecule has 0 aliphatic heterocycles. The van der Waals surface area contributed by atoms with Crippen molar-refractivity contribution in [3.8, 4) is 0 Å². The molecule has 0 saturated heterocycles. The summed E-state index contributed by atoms with van der Waals surface area (Å²) in [7, 11) is 0. The molecule has 17 heavy (non-hydrogen) atoms. The maximum absolute atomic E-state index is 3.73. The van der Waals surface area contributed by atoms with E-state index in [0.29, 0.717) is 6.04 Å². The second-order valence-corrected chi connectivity index (χ2v) is 7.65. The molecule has 0 aromatic carbocycles. The Labute approximate surface area is 116 Å². The van der Waals surface area contributed by atoms with Crippen LogP contribution in [0.1, 0.15) is 37.5 Å². The van der Waals surface area contributed by atoms with Gasteiger partial charge in [-0.25, -0.2) is 0 Å². The van der Waals surface area contributed by atoms with E-state index in [0.717, 1.165) is 24.3 Å². The lowest BCUT2D eigenvalue weighted by atomic mass is 9.84. The van der Waals surface area contributed by atoms with Gasteiger partial charge in [0.05, 0.1) is 0 Å². The van der Waals surface area contributed by atoms with E-state index in [1.165, 1.54) is 35.0 Å². The monoisotopic (exact) mass is 313 g/mol. The topological polar surface area (TPSA) is 12.0 Å². The first-order valence-corrected chi connectivity index (χ1v) is 8.36. The van der Waals surface area contributed by atoms with Crippen molar-refractivity contribution in [1.29, 1.82) is 0 Å². The summed E-state index contributed by atoms with van der Waals surface area (Å²) >= 11 is 5.35. The number of hydrogen-bond donors (Lipinski definition) is 1. The molecule has 0 spiro atoms. The first-order chi connectivity index (χ1) is 8.22. The van der Waals surface area contributed by atoms with Gasteiger partial charge in [-0.2, -0.15) is 0 Å². The minimum absolute atomic E-state index is 0.686. The predicted molar refractivity (Wildman–Crippen MR) is 77.3 cm³/mol. The van der Waals surface area contributed by atoms with E-state index in [1.54, 1.807) is 0 Å². The summed E-state index contributed by atoms with van der Waals surface area (Å²) < 4.78 is 1.21. The molecule has 0 radical (unpaired) electrons. The van der Waals surface area contributed by atoms with Crippen molar-refractivity contribution in [2.45, 2.75) is 45.2 Å². The predicted octanol–water partition coefficient (Wildman–Crippen LogP) is 4.42. The quantitative estimate of drug-likeness (QED) is 0.867. The third-order valence-electron chi connectivity index (χ3n) is 4.66. The van der Waals surface area contributed by atoms with Gasteiger partial charge >= 0.3 is 0 Å². The molecule has 4 unspecified atom stereocenters. The lowest BCUT2D eigenvalue weighted by Gasteiger charge is -2.28. The van der Waals surface area contributed by atoms with Crippen LogP contribution in [0.3, 0.4) is 0 Å². The van der Waals surface area contributed by atoms with Crippen molar-refractivity contribution in [1.82, 2.24) is 5.32 Å². The van der Waals surface area contributed by atoms with Crippen LogP contribution in [0.4, 0.5) is 0 Å². The molecule has 2 bridgehead atoms. The first-order valence-electron chi connectivity index (χ1n) is 6.68. The number of halogens is 1. The summed E-state index contributed by atoms with van der Waals surface area (Å²) in [5.41, 5.74) is 0. The van der Waals surface area contributed by atoms with Crippen LogP contribution in [0.15, 0.2) is 15.9 Å². The third-order valence-corrected chi connectivity index (χ3v) is 6.35. The molecule has 1 nitrogen and oxygen atoms in total. The average Bonchev–Trinajstić information content (AvgIpc) is 3.01. The zero-order valence-corrected chi connectivity index (χ0v) is 12.7. The van der Waals surface area contributed by atoms with Crippen molar-refractivity contribution in [2.24, 2.45) is 17.8 Å². The summed E-state index contributed by atoms with van der Waals surface area (Å²) in [6.45, 7) is 3.42. The van der Waals surface area contributed by atoms with Gasteiger partial charge in [-0.1, -0.05) is 6.42 Å². The van der Waals surface area contributed by atoms with E-state index in [2.05, 4.69) is 39.6 Å². The molecule has 2 aliphatic rings. The number of fused-ring (bicyclic) bond motifs is 2. The molecule has 1 heterocycles. The smallest absolute Gasteiger partial charge is 0.0302 e. The largest absolute Gasteiger partial charge is 0.309 e. The van der Waals surface area contributed by atoms with Crippen molar-refractivity contribution < 1.29 is 0 Å². The minimum atomic E-state index is 0.686. The highest BCUT2D eigenvalue weighted by Gasteiger charge is 2.41. The lowest BCUT2D eigenvalue weighted by Crippen LogP contribution is -2.35. The molecule has 4 atom stereocenters. The number of thiophene rings is 1. The highest BCUT2D eigenvalue weighted by atomic mass is 79.9. The van der Waals surface area contributed by atoms with Crippen LogP contribution in [0.5, 0.6) is 0 Å². The normalized spacial score (nSPS) is 33.2. The van der Waals surface area contributed by atoms with E-state index in [4.69, 9.17) is 0 Å². The van der Waals surface area contributed by atoms with E-state index in [-0.39, 0.29) is 0 Å². The zero-order chi connectivity index (χ0) is 11.8. The average molecular weight is 314 g/mol. The van der Waals surface area contributed by atoms with Gasteiger partial charge in [-0.05, 0) is 65.9 Å². The standard InChI is InChI=1S/C14H20BrNS/c1-9(14-5-10-2-3-11(14)4-10)16-7-13-6-12(15)8-17-13/h6,8-11,14,16H,2-5,7H2,1H3. The Hall–Kier alpha value is 0.140. The fraction of sp³-hybridized carbons (Fsp3) is 0.714. The van der Waals surface area contributed by atoms with Gasteiger partial charge in [0.2, 0.25) is 0 Å². The number of nitrogens with one attached hydrogen (secondary N) is 1. The molecular weight excluding hydrogens is 294 g/mol. The van der Waals surface area contributed by atoms with Crippen LogP contribution in [0, 0.1) is 17.8 Å². The lowest BCUT2D eigenvalue weighted by molar-refractivity contribution is 0.260. The van der Waals surface area contributed by atoms with Gasteiger partial charge in [0.15, 0.2) is 0 Å². The Morgan fingerprint density at radius 2 is 2.35 bits per heavy atom. The van der Waals surface area contributed by atoms with Crippen molar-refractivity contribution in [3.05, 3.63) is 20.8 Å². The molecular formula is C14H20BrNS.